The smallest absolute Gasteiger partial charge is 0.164 e. The van der Waals surface area contributed by atoms with Gasteiger partial charge in [-0.1, -0.05) is 164 Å². The largest absolute Gasteiger partial charge is 0.456 e. The Morgan fingerprint density at radius 1 is 0.362 bits per heavy atom. The van der Waals surface area contributed by atoms with Gasteiger partial charge in [-0.2, -0.15) is 0 Å². The van der Waals surface area contributed by atoms with Crippen LogP contribution in [0.15, 0.2) is 227 Å². The number of nitrogens with zero attached hydrogens (tertiary/aromatic N) is 4. The molecule has 1 aliphatic carbocycles. The highest BCUT2D eigenvalue weighted by atomic mass is 16.3. The molecule has 0 amide bonds. The zero-order valence-corrected chi connectivity index (χ0v) is 37.3. The van der Waals surface area contributed by atoms with Crippen LogP contribution in [-0.4, -0.2) is 19.5 Å². The molecule has 6 heteroatoms. The first-order valence-electron chi connectivity index (χ1n) is 23.5. The maximum Gasteiger partial charge on any atom is 0.164 e. The summed E-state index contributed by atoms with van der Waals surface area (Å²) in [6.07, 6.45) is 9.02. The summed E-state index contributed by atoms with van der Waals surface area (Å²) in [6, 6.07) is 70.1. The lowest BCUT2D eigenvalue weighted by atomic mass is 9.96. The van der Waals surface area contributed by atoms with Crippen molar-refractivity contribution in [1.29, 1.82) is 0 Å². The maximum absolute atomic E-state index is 6.75. The Kier molecular flexibility index (Phi) is 8.92. The SMILES string of the molecule is C1=CC(c2ccc3c(c2)c2ccccc2n3-c2cc(-c3ccc4oc5cccc(-c6nc(-c7ccccc7)nc(-c7ccc(-c8ccccc8)cc7)n6)c5c4c3)c3c(c2)oc2ccccc23)=CCC1. The molecule has 14 rings (SSSR count). The first kappa shape index (κ1) is 39.1. The van der Waals surface area contributed by atoms with Crippen molar-refractivity contribution in [3.63, 3.8) is 0 Å². The molecule has 0 radical (unpaired) electrons. The Bertz CT molecular complexity index is 4230. The highest BCUT2D eigenvalue weighted by Crippen LogP contribution is 2.44. The molecule has 4 heterocycles. The highest BCUT2D eigenvalue weighted by molar-refractivity contribution is 6.17. The van der Waals surface area contributed by atoms with E-state index in [0.29, 0.717) is 17.5 Å². The molecule has 0 spiro atoms. The standard InChI is InChI=1S/C63H40N4O2/c1-4-15-39(16-5-1)41-27-29-43(30-28-41)62-64-61(42-19-8-3-9-20-42)65-63(66-62)49-23-14-26-57-60(49)52-36-45(32-34-56(52)68-57)50-37-46(38-58-59(50)48-22-11-13-25-55(48)69-58)67-53-24-12-10-21-47(53)51-35-44(31-33-54(51)67)40-17-6-2-7-18-40/h1,3-6,8-38H,2,7H2. The number of hydrogen-bond acceptors (Lipinski definition) is 5. The number of fused-ring (bicyclic) bond motifs is 9. The van der Waals surface area contributed by atoms with Crippen LogP contribution in [0, 0.1) is 0 Å². The summed E-state index contributed by atoms with van der Waals surface area (Å²) in [5.41, 5.74) is 16.1. The minimum absolute atomic E-state index is 0.570. The van der Waals surface area contributed by atoms with Crippen molar-refractivity contribution in [3.8, 4) is 62.1 Å². The molecule has 1 aliphatic rings. The quantitative estimate of drug-likeness (QED) is 0.159. The molecule has 0 bridgehead atoms. The molecule has 324 valence electrons. The molecule has 0 N–H and O–H groups in total. The van der Waals surface area contributed by atoms with Gasteiger partial charge < -0.3 is 13.4 Å². The summed E-state index contributed by atoms with van der Waals surface area (Å²) in [7, 11) is 0. The predicted molar refractivity (Wildman–Crippen MR) is 282 cm³/mol. The second-order valence-corrected chi connectivity index (χ2v) is 17.8. The van der Waals surface area contributed by atoms with Crippen molar-refractivity contribution >= 4 is 71.3 Å². The van der Waals surface area contributed by atoms with E-state index in [1.54, 1.807) is 0 Å². The van der Waals surface area contributed by atoms with Crippen LogP contribution in [0.5, 0.6) is 0 Å². The van der Waals surface area contributed by atoms with Gasteiger partial charge in [0, 0.05) is 55.1 Å². The first-order valence-corrected chi connectivity index (χ1v) is 23.5. The van der Waals surface area contributed by atoms with E-state index in [1.807, 2.05) is 54.6 Å². The monoisotopic (exact) mass is 884 g/mol. The summed E-state index contributed by atoms with van der Waals surface area (Å²) >= 11 is 0. The average Bonchev–Trinajstić information content (AvgIpc) is 4.10. The van der Waals surface area contributed by atoms with E-state index in [-0.39, 0.29) is 0 Å². The lowest BCUT2D eigenvalue weighted by molar-refractivity contribution is 0.668. The number of allylic oxidation sites excluding steroid dienone is 4. The van der Waals surface area contributed by atoms with Crippen LogP contribution in [0.2, 0.25) is 0 Å². The fourth-order valence-corrected chi connectivity index (χ4v) is 10.4. The van der Waals surface area contributed by atoms with Crippen LogP contribution >= 0.6 is 0 Å². The molecular weight excluding hydrogens is 845 g/mol. The molecule has 9 aromatic carbocycles. The van der Waals surface area contributed by atoms with Crippen LogP contribution in [0.4, 0.5) is 0 Å². The molecule has 0 unspecified atom stereocenters. The molecular formula is C63H40N4O2. The molecule has 6 nitrogen and oxygen atoms in total. The van der Waals surface area contributed by atoms with E-state index in [4.69, 9.17) is 23.8 Å². The number of para-hydroxylation sites is 2. The Hall–Kier alpha value is -9.13. The summed E-state index contributed by atoms with van der Waals surface area (Å²) in [5, 5.41) is 6.46. The average molecular weight is 885 g/mol. The van der Waals surface area contributed by atoms with Crippen molar-refractivity contribution in [2.45, 2.75) is 12.8 Å². The van der Waals surface area contributed by atoms with Crippen LogP contribution in [0.25, 0.3) is 133 Å². The van der Waals surface area contributed by atoms with Gasteiger partial charge in [0.15, 0.2) is 17.5 Å². The number of furan rings is 2. The fraction of sp³-hybridized carbons (Fsp3) is 0.0317. The van der Waals surface area contributed by atoms with Crippen molar-refractivity contribution < 1.29 is 8.83 Å². The molecule has 13 aromatic rings. The zero-order valence-electron chi connectivity index (χ0n) is 37.3. The highest BCUT2D eigenvalue weighted by Gasteiger charge is 2.22. The number of rotatable bonds is 7. The number of aromatic nitrogens is 4. The Morgan fingerprint density at radius 2 is 0.957 bits per heavy atom. The number of hydrogen-bond donors (Lipinski definition) is 0. The third kappa shape index (κ3) is 6.52. The Balaban J connectivity index is 0.964. The van der Waals surface area contributed by atoms with Gasteiger partial charge in [-0.25, -0.2) is 15.0 Å². The van der Waals surface area contributed by atoms with E-state index >= 15 is 0 Å². The van der Waals surface area contributed by atoms with Gasteiger partial charge in [0.25, 0.3) is 0 Å². The Morgan fingerprint density at radius 3 is 1.77 bits per heavy atom. The lowest BCUT2D eigenvalue weighted by Crippen LogP contribution is -2.00. The van der Waals surface area contributed by atoms with Crippen LogP contribution < -0.4 is 0 Å². The number of benzene rings is 9. The topological polar surface area (TPSA) is 69.9 Å². The molecule has 0 aliphatic heterocycles. The third-order valence-electron chi connectivity index (χ3n) is 13.7. The van der Waals surface area contributed by atoms with Gasteiger partial charge in [-0.15, -0.1) is 0 Å². The van der Waals surface area contributed by atoms with E-state index in [0.717, 1.165) is 112 Å². The van der Waals surface area contributed by atoms with Gasteiger partial charge in [-0.05, 0) is 94.8 Å². The lowest BCUT2D eigenvalue weighted by Gasteiger charge is -2.13. The van der Waals surface area contributed by atoms with Gasteiger partial charge in [0.1, 0.15) is 22.3 Å². The molecule has 0 atom stereocenters. The summed E-state index contributed by atoms with van der Waals surface area (Å²) in [4.78, 5) is 15.5. The summed E-state index contributed by atoms with van der Waals surface area (Å²) < 4.78 is 15.8. The van der Waals surface area contributed by atoms with Gasteiger partial charge >= 0.3 is 0 Å². The van der Waals surface area contributed by atoms with Gasteiger partial charge in [-0.3, -0.25) is 0 Å². The Labute approximate surface area is 396 Å². The molecule has 4 aromatic heterocycles. The summed E-state index contributed by atoms with van der Waals surface area (Å²) in [5.74, 6) is 1.77. The van der Waals surface area contributed by atoms with Gasteiger partial charge in [0.05, 0.1) is 16.7 Å². The van der Waals surface area contributed by atoms with E-state index in [1.165, 1.54) is 21.9 Å². The van der Waals surface area contributed by atoms with E-state index < -0.39 is 0 Å². The van der Waals surface area contributed by atoms with Gasteiger partial charge in [0.2, 0.25) is 0 Å². The zero-order chi connectivity index (χ0) is 45.4. The minimum atomic E-state index is 0.570. The van der Waals surface area contributed by atoms with E-state index in [9.17, 15) is 0 Å². The molecule has 0 saturated heterocycles. The minimum Gasteiger partial charge on any atom is -0.456 e. The third-order valence-corrected chi connectivity index (χ3v) is 13.7. The van der Waals surface area contributed by atoms with Crippen LogP contribution in [0.3, 0.4) is 0 Å². The van der Waals surface area contributed by atoms with Crippen molar-refractivity contribution in [2.75, 3.05) is 0 Å². The maximum atomic E-state index is 6.75. The molecule has 69 heavy (non-hydrogen) atoms. The predicted octanol–water partition coefficient (Wildman–Crippen LogP) is 16.8. The fourth-order valence-electron chi connectivity index (χ4n) is 10.4. The van der Waals surface area contributed by atoms with Crippen molar-refractivity contribution in [3.05, 3.63) is 224 Å². The molecule has 0 saturated carbocycles. The van der Waals surface area contributed by atoms with Crippen molar-refractivity contribution in [2.24, 2.45) is 0 Å². The summed E-state index contributed by atoms with van der Waals surface area (Å²) in [6.45, 7) is 0. The first-order chi connectivity index (χ1) is 34.2. The second-order valence-electron chi connectivity index (χ2n) is 17.8. The van der Waals surface area contributed by atoms with Crippen LogP contribution in [0.1, 0.15) is 18.4 Å². The normalized spacial score (nSPS) is 12.8. The molecule has 0 fully saturated rings. The van der Waals surface area contributed by atoms with Crippen LogP contribution in [-0.2, 0) is 0 Å². The van der Waals surface area contributed by atoms with Crippen molar-refractivity contribution in [1.82, 2.24) is 19.5 Å². The second kappa shape index (κ2) is 15.8. The van der Waals surface area contributed by atoms with E-state index in [2.05, 4.69) is 168 Å².